The standard InChI is InChI=1S/C10H15BrN4O2/c11-8-5-15(14-10(8)12)6-9(16)13-7-1-3-17-4-2-7/h5,7H,1-4,6H2,(H2,12,14)(H,13,16). The molecule has 0 bridgehead atoms. The number of hydrogen-bond acceptors (Lipinski definition) is 4. The number of nitrogen functional groups attached to an aromatic ring is 1. The number of aromatic nitrogens is 2. The van der Waals surface area contributed by atoms with Crippen molar-refractivity contribution in [3.8, 4) is 0 Å². The molecular formula is C10H15BrN4O2. The second-order valence-corrected chi connectivity index (χ2v) is 4.87. The summed E-state index contributed by atoms with van der Waals surface area (Å²) in [4.78, 5) is 11.7. The summed E-state index contributed by atoms with van der Waals surface area (Å²) in [6.45, 7) is 1.61. The molecule has 0 atom stereocenters. The highest BCUT2D eigenvalue weighted by Gasteiger charge is 2.16. The average Bonchev–Trinajstić information content (AvgIpc) is 2.59. The molecule has 6 nitrogen and oxygen atoms in total. The number of ether oxygens (including phenoxy) is 1. The first-order valence-corrected chi connectivity index (χ1v) is 6.30. The third-order valence-electron chi connectivity index (χ3n) is 2.64. The molecule has 0 aromatic carbocycles. The Bertz CT molecular complexity index is 382. The quantitative estimate of drug-likeness (QED) is 0.853. The second kappa shape index (κ2) is 5.50. The van der Waals surface area contributed by atoms with Crippen LogP contribution >= 0.6 is 15.9 Å². The van der Waals surface area contributed by atoms with Gasteiger partial charge in [0.25, 0.3) is 0 Å². The lowest BCUT2D eigenvalue weighted by Gasteiger charge is -2.23. The molecule has 1 aliphatic rings. The molecule has 0 saturated carbocycles. The zero-order valence-electron chi connectivity index (χ0n) is 9.36. The fourth-order valence-corrected chi connectivity index (χ4v) is 2.07. The van der Waals surface area contributed by atoms with Gasteiger partial charge < -0.3 is 15.8 Å². The van der Waals surface area contributed by atoms with Crippen molar-refractivity contribution in [1.29, 1.82) is 0 Å². The molecular weight excluding hydrogens is 288 g/mol. The van der Waals surface area contributed by atoms with Crippen LogP contribution < -0.4 is 11.1 Å². The molecule has 1 saturated heterocycles. The molecule has 3 N–H and O–H groups in total. The Hall–Kier alpha value is -1.08. The molecule has 7 heteroatoms. The van der Waals surface area contributed by atoms with Gasteiger partial charge in [-0.15, -0.1) is 0 Å². The van der Waals surface area contributed by atoms with Crippen molar-refractivity contribution < 1.29 is 9.53 Å². The van der Waals surface area contributed by atoms with Crippen LogP contribution in [0.1, 0.15) is 12.8 Å². The summed E-state index contributed by atoms with van der Waals surface area (Å²) in [6.07, 6.45) is 3.44. The van der Waals surface area contributed by atoms with E-state index in [1.165, 1.54) is 4.68 Å². The first kappa shape index (κ1) is 12.4. The molecule has 1 fully saturated rings. The van der Waals surface area contributed by atoms with Crippen LogP contribution in [-0.4, -0.2) is 34.9 Å². The molecule has 17 heavy (non-hydrogen) atoms. The van der Waals surface area contributed by atoms with Gasteiger partial charge in [-0.05, 0) is 28.8 Å². The molecule has 0 radical (unpaired) electrons. The number of nitrogens with one attached hydrogen (secondary N) is 1. The molecule has 0 spiro atoms. The number of amides is 1. The van der Waals surface area contributed by atoms with Gasteiger partial charge in [-0.3, -0.25) is 9.48 Å². The Morgan fingerprint density at radius 1 is 1.65 bits per heavy atom. The van der Waals surface area contributed by atoms with Gasteiger partial charge in [0.2, 0.25) is 5.91 Å². The summed E-state index contributed by atoms with van der Waals surface area (Å²) in [6, 6.07) is 0.215. The topological polar surface area (TPSA) is 82.2 Å². The molecule has 1 amide bonds. The maximum absolute atomic E-state index is 11.7. The van der Waals surface area contributed by atoms with E-state index in [0.717, 1.165) is 12.8 Å². The van der Waals surface area contributed by atoms with E-state index in [-0.39, 0.29) is 18.5 Å². The van der Waals surface area contributed by atoms with Crippen molar-refractivity contribution >= 4 is 27.7 Å². The summed E-state index contributed by atoms with van der Waals surface area (Å²) in [5.41, 5.74) is 5.57. The molecule has 0 unspecified atom stereocenters. The minimum atomic E-state index is -0.0492. The lowest BCUT2D eigenvalue weighted by molar-refractivity contribution is -0.123. The van der Waals surface area contributed by atoms with Crippen LogP contribution in [0.15, 0.2) is 10.7 Å². The third kappa shape index (κ3) is 3.44. The fourth-order valence-electron chi connectivity index (χ4n) is 1.76. The van der Waals surface area contributed by atoms with E-state index in [1.807, 2.05) is 0 Å². The highest BCUT2D eigenvalue weighted by molar-refractivity contribution is 9.10. The summed E-state index contributed by atoms with van der Waals surface area (Å²) in [7, 11) is 0. The van der Waals surface area contributed by atoms with Gasteiger partial charge in [0, 0.05) is 25.5 Å². The van der Waals surface area contributed by atoms with E-state index in [9.17, 15) is 4.79 Å². The maximum atomic E-state index is 11.7. The SMILES string of the molecule is Nc1nn(CC(=O)NC2CCOCC2)cc1Br. The average molecular weight is 303 g/mol. The Kier molecular flexibility index (Phi) is 4.01. The lowest BCUT2D eigenvalue weighted by Crippen LogP contribution is -2.40. The summed E-state index contributed by atoms with van der Waals surface area (Å²) in [5, 5.41) is 6.97. The smallest absolute Gasteiger partial charge is 0.241 e. The number of anilines is 1. The van der Waals surface area contributed by atoms with Gasteiger partial charge >= 0.3 is 0 Å². The molecule has 94 valence electrons. The van der Waals surface area contributed by atoms with E-state index < -0.39 is 0 Å². The largest absolute Gasteiger partial charge is 0.381 e. The molecule has 1 aliphatic heterocycles. The summed E-state index contributed by atoms with van der Waals surface area (Å²) in [5.74, 6) is 0.343. The Balaban J connectivity index is 1.84. The van der Waals surface area contributed by atoms with Gasteiger partial charge in [-0.1, -0.05) is 0 Å². The molecule has 2 heterocycles. The van der Waals surface area contributed by atoms with Crippen molar-refractivity contribution in [3.63, 3.8) is 0 Å². The van der Waals surface area contributed by atoms with E-state index in [1.54, 1.807) is 6.20 Å². The number of hydrogen-bond donors (Lipinski definition) is 2. The first-order valence-electron chi connectivity index (χ1n) is 5.50. The predicted molar refractivity (Wildman–Crippen MR) is 66.3 cm³/mol. The Labute approximate surface area is 108 Å². The van der Waals surface area contributed by atoms with Crippen LogP contribution in [0.3, 0.4) is 0 Å². The van der Waals surface area contributed by atoms with Crippen LogP contribution in [0.5, 0.6) is 0 Å². The fraction of sp³-hybridized carbons (Fsp3) is 0.600. The van der Waals surface area contributed by atoms with Crippen molar-refractivity contribution in [2.45, 2.75) is 25.4 Å². The van der Waals surface area contributed by atoms with Gasteiger partial charge in [-0.25, -0.2) is 0 Å². The predicted octanol–water partition coefficient (Wildman–Crippen LogP) is 0.523. The molecule has 1 aromatic heterocycles. The van der Waals surface area contributed by atoms with Crippen LogP contribution in [0.25, 0.3) is 0 Å². The molecule has 0 aliphatic carbocycles. The first-order chi connectivity index (χ1) is 8.15. The van der Waals surface area contributed by atoms with Crippen LogP contribution in [0.4, 0.5) is 5.82 Å². The minimum absolute atomic E-state index is 0.0492. The van der Waals surface area contributed by atoms with Gasteiger partial charge in [-0.2, -0.15) is 5.10 Å². The van der Waals surface area contributed by atoms with Gasteiger partial charge in [0.05, 0.1) is 4.47 Å². The van der Waals surface area contributed by atoms with E-state index >= 15 is 0 Å². The zero-order valence-corrected chi connectivity index (χ0v) is 10.9. The van der Waals surface area contributed by atoms with E-state index in [2.05, 4.69) is 26.3 Å². The van der Waals surface area contributed by atoms with E-state index in [0.29, 0.717) is 23.5 Å². The number of carbonyl (C=O) groups is 1. The highest BCUT2D eigenvalue weighted by Crippen LogP contribution is 2.16. The molecule has 1 aromatic rings. The highest BCUT2D eigenvalue weighted by atomic mass is 79.9. The summed E-state index contributed by atoms with van der Waals surface area (Å²) >= 11 is 3.25. The van der Waals surface area contributed by atoms with Crippen molar-refractivity contribution in [3.05, 3.63) is 10.7 Å². The van der Waals surface area contributed by atoms with Crippen molar-refractivity contribution in [2.75, 3.05) is 18.9 Å². The second-order valence-electron chi connectivity index (χ2n) is 4.01. The van der Waals surface area contributed by atoms with Gasteiger partial charge in [0.1, 0.15) is 6.54 Å². The van der Waals surface area contributed by atoms with Crippen molar-refractivity contribution in [1.82, 2.24) is 15.1 Å². The Morgan fingerprint density at radius 3 is 2.94 bits per heavy atom. The Morgan fingerprint density at radius 2 is 2.35 bits per heavy atom. The zero-order chi connectivity index (χ0) is 12.3. The lowest BCUT2D eigenvalue weighted by atomic mass is 10.1. The summed E-state index contributed by atoms with van der Waals surface area (Å²) < 4.78 is 7.45. The van der Waals surface area contributed by atoms with Crippen LogP contribution in [0.2, 0.25) is 0 Å². The number of carbonyl (C=O) groups excluding carboxylic acids is 1. The van der Waals surface area contributed by atoms with Crippen LogP contribution in [-0.2, 0) is 16.1 Å². The maximum Gasteiger partial charge on any atom is 0.241 e. The van der Waals surface area contributed by atoms with Crippen molar-refractivity contribution in [2.24, 2.45) is 0 Å². The normalized spacial score (nSPS) is 17.0. The van der Waals surface area contributed by atoms with Crippen LogP contribution in [0, 0.1) is 0 Å². The number of rotatable bonds is 3. The molecule has 2 rings (SSSR count). The third-order valence-corrected chi connectivity index (χ3v) is 3.25. The number of halogens is 1. The monoisotopic (exact) mass is 302 g/mol. The van der Waals surface area contributed by atoms with E-state index in [4.69, 9.17) is 10.5 Å². The number of nitrogens with two attached hydrogens (primary N) is 1. The number of nitrogens with zero attached hydrogens (tertiary/aromatic N) is 2. The van der Waals surface area contributed by atoms with Gasteiger partial charge in [0.15, 0.2) is 5.82 Å². The minimum Gasteiger partial charge on any atom is -0.381 e.